The number of hydrogen-bond acceptors (Lipinski definition) is 5. The van der Waals surface area contributed by atoms with Gasteiger partial charge in [0, 0.05) is 18.1 Å². The van der Waals surface area contributed by atoms with Crippen LogP contribution in [-0.2, 0) is 5.75 Å². The van der Waals surface area contributed by atoms with Gasteiger partial charge in [0.2, 0.25) is 0 Å². The molecule has 1 rings (SSSR count). The molecule has 3 N–H and O–H groups in total. The van der Waals surface area contributed by atoms with Gasteiger partial charge in [0.1, 0.15) is 5.69 Å². The number of pyridine rings is 1. The fraction of sp³-hybridized carbons (Fsp3) is 0.455. The summed E-state index contributed by atoms with van der Waals surface area (Å²) in [6.45, 7) is 1.04. The Morgan fingerprint density at radius 1 is 1.53 bits per heavy atom. The van der Waals surface area contributed by atoms with Gasteiger partial charge >= 0.3 is 0 Å². The molecule has 0 unspecified atom stereocenters. The molecule has 0 aliphatic heterocycles. The van der Waals surface area contributed by atoms with Crippen LogP contribution in [0.3, 0.4) is 0 Å². The number of rotatable bonds is 6. The van der Waals surface area contributed by atoms with Crippen molar-refractivity contribution in [3.05, 3.63) is 29.6 Å². The zero-order chi connectivity index (χ0) is 12.7. The van der Waals surface area contributed by atoms with Gasteiger partial charge in [-0.3, -0.25) is 10.2 Å². The highest BCUT2D eigenvalue weighted by atomic mass is 32.2. The number of hydrazine groups is 1. The van der Waals surface area contributed by atoms with E-state index in [2.05, 4.69) is 15.3 Å². The van der Waals surface area contributed by atoms with E-state index in [1.165, 1.54) is 0 Å². The van der Waals surface area contributed by atoms with Gasteiger partial charge in [0.15, 0.2) is 0 Å². The van der Waals surface area contributed by atoms with E-state index in [9.17, 15) is 4.79 Å². The molecule has 94 valence electrons. The molecule has 0 bridgehead atoms. The normalized spacial score (nSPS) is 10.6. The van der Waals surface area contributed by atoms with Crippen molar-refractivity contribution < 1.29 is 4.79 Å². The summed E-state index contributed by atoms with van der Waals surface area (Å²) in [5, 5.41) is 0. The Morgan fingerprint density at radius 2 is 2.29 bits per heavy atom. The third kappa shape index (κ3) is 5.16. The average Bonchev–Trinajstić information content (AvgIpc) is 2.34. The highest BCUT2D eigenvalue weighted by Gasteiger charge is 2.05. The minimum Gasteiger partial charge on any atom is -0.309 e. The van der Waals surface area contributed by atoms with Crippen LogP contribution in [-0.4, -0.2) is 42.2 Å². The van der Waals surface area contributed by atoms with Crippen LogP contribution in [0.15, 0.2) is 18.2 Å². The molecule has 0 saturated carbocycles. The highest BCUT2D eigenvalue weighted by molar-refractivity contribution is 7.98. The standard InChI is InChI=1S/C11H18N4OS/c1-15(2)6-7-17-8-9-4-3-5-10(13-9)11(16)14-12/h3-5H,6-8,12H2,1-2H3,(H,14,16). The van der Waals surface area contributed by atoms with Crippen molar-refractivity contribution in [1.82, 2.24) is 15.3 Å². The maximum Gasteiger partial charge on any atom is 0.283 e. The summed E-state index contributed by atoms with van der Waals surface area (Å²) >= 11 is 1.80. The number of carbonyl (C=O) groups excluding carboxylic acids is 1. The van der Waals surface area contributed by atoms with Crippen molar-refractivity contribution in [2.45, 2.75) is 5.75 Å². The van der Waals surface area contributed by atoms with Gasteiger partial charge in [0.05, 0.1) is 5.69 Å². The van der Waals surface area contributed by atoms with E-state index in [-0.39, 0.29) is 5.91 Å². The van der Waals surface area contributed by atoms with Crippen LogP contribution in [0.1, 0.15) is 16.2 Å². The molecule has 0 saturated heterocycles. The molecular formula is C11H18N4OS. The van der Waals surface area contributed by atoms with Crippen LogP contribution < -0.4 is 11.3 Å². The SMILES string of the molecule is CN(C)CCSCc1cccc(C(=O)NN)n1. The lowest BCUT2D eigenvalue weighted by atomic mass is 10.3. The van der Waals surface area contributed by atoms with Crippen LogP contribution in [0, 0.1) is 0 Å². The first-order valence-electron chi connectivity index (χ1n) is 5.33. The number of nitrogens with one attached hydrogen (secondary N) is 1. The van der Waals surface area contributed by atoms with Crippen molar-refractivity contribution in [1.29, 1.82) is 0 Å². The largest absolute Gasteiger partial charge is 0.309 e. The number of aromatic nitrogens is 1. The summed E-state index contributed by atoms with van der Waals surface area (Å²) in [5.74, 6) is 6.55. The van der Waals surface area contributed by atoms with Crippen molar-refractivity contribution in [3.63, 3.8) is 0 Å². The number of nitrogens with zero attached hydrogens (tertiary/aromatic N) is 2. The average molecular weight is 254 g/mol. The Labute approximate surface area is 106 Å². The van der Waals surface area contributed by atoms with E-state index in [0.717, 1.165) is 23.7 Å². The van der Waals surface area contributed by atoms with Crippen LogP contribution >= 0.6 is 11.8 Å². The summed E-state index contributed by atoms with van der Waals surface area (Å²) in [4.78, 5) is 17.6. The maximum absolute atomic E-state index is 11.3. The van der Waals surface area contributed by atoms with Crippen LogP contribution in [0.4, 0.5) is 0 Å². The van der Waals surface area contributed by atoms with Gasteiger partial charge in [-0.25, -0.2) is 10.8 Å². The number of hydrogen-bond donors (Lipinski definition) is 2. The number of amides is 1. The molecule has 0 aliphatic rings. The monoisotopic (exact) mass is 254 g/mol. The number of nitrogens with two attached hydrogens (primary N) is 1. The molecular weight excluding hydrogens is 236 g/mol. The highest BCUT2D eigenvalue weighted by Crippen LogP contribution is 2.10. The van der Waals surface area contributed by atoms with E-state index < -0.39 is 0 Å². The summed E-state index contributed by atoms with van der Waals surface area (Å²) in [6, 6.07) is 5.38. The molecule has 1 aromatic heterocycles. The van der Waals surface area contributed by atoms with Crippen molar-refractivity contribution in [2.75, 3.05) is 26.4 Å². The topological polar surface area (TPSA) is 71.2 Å². The van der Waals surface area contributed by atoms with Crippen LogP contribution in [0.2, 0.25) is 0 Å². The predicted octanol–water partition coefficient (Wildman–Crippen LogP) is 0.480. The van der Waals surface area contributed by atoms with Gasteiger partial charge in [-0.15, -0.1) is 0 Å². The van der Waals surface area contributed by atoms with Gasteiger partial charge in [-0.2, -0.15) is 11.8 Å². The minimum atomic E-state index is -0.356. The van der Waals surface area contributed by atoms with E-state index in [0.29, 0.717) is 5.69 Å². The van der Waals surface area contributed by atoms with Gasteiger partial charge < -0.3 is 4.90 Å². The number of nitrogen functional groups attached to an aromatic ring is 1. The van der Waals surface area contributed by atoms with Crippen molar-refractivity contribution in [3.8, 4) is 0 Å². The quantitative estimate of drug-likeness (QED) is 0.334. The maximum atomic E-state index is 11.3. The lowest BCUT2D eigenvalue weighted by Gasteiger charge is -2.08. The fourth-order valence-corrected chi connectivity index (χ4v) is 2.19. The summed E-state index contributed by atoms with van der Waals surface area (Å²) in [6.07, 6.45) is 0. The molecule has 5 nitrogen and oxygen atoms in total. The molecule has 6 heteroatoms. The number of thioether (sulfide) groups is 1. The molecule has 0 aromatic carbocycles. The Bertz CT molecular complexity index is 370. The van der Waals surface area contributed by atoms with Gasteiger partial charge in [-0.05, 0) is 26.2 Å². The van der Waals surface area contributed by atoms with Gasteiger partial charge in [0.25, 0.3) is 5.91 Å². The lowest BCUT2D eigenvalue weighted by molar-refractivity contribution is 0.0948. The second kappa shape index (κ2) is 7.26. The predicted molar refractivity (Wildman–Crippen MR) is 70.6 cm³/mol. The summed E-state index contributed by atoms with van der Waals surface area (Å²) < 4.78 is 0. The molecule has 1 heterocycles. The first-order chi connectivity index (χ1) is 8.13. The molecule has 17 heavy (non-hydrogen) atoms. The Hall–Kier alpha value is -1.11. The minimum absolute atomic E-state index is 0.356. The molecule has 1 amide bonds. The third-order valence-electron chi connectivity index (χ3n) is 2.10. The van der Waals surface area contributed by atoms with Crippen molar-refractivity contribution in [2.24, 2.45) is 5.84 Å². The smallest absolute Gasteiger partial charge is 0.283 e. The Balaban J connectivity index is 2.46. The van der Waals surface area contributed by atoms with Gasteiger partial charge in [-0.1, -0.05) is 6.07 Å². The van der Waals surface area contributed by atoms with E-state index in [1.54, 1.807) is 17.8 Å². The molecule has 1 aromatic rings. The van der Waals surface area contributed by atoms with Crippen LogP contribution in [0.5, 0.6) is 0 Å². The van der Waals surface area contributed by atoms with Crippen molar-refractivity contribution >= 4 is 17.7 Å². The van der Waals surface area contributed by atoms with E-state index in [1.807, 2.05) is 26.2 Å². The second-order valence-corrected chi connectivity index (χ2v) is 4.95. The van der Waals surface area contributed by atoms with E-state index in [4.69, 9.17) is 5.84 Å². The Kier molecular flexibility index (Phi) is 5.96. The molecule has 0 atom stereocenters. The molecule has 0 aliphatic carbocycles. The Morgan fingerprint density at radius 3 is 2.94 bits per heavy atom. The fourth-order valence-electron chi connectivity index (χ4n) is 1.18. The first-order valence-corrected chi connectivity index (χ1v) is 6.48. The third-order valence-corrected chi connectivity index (χ3v) is 3.07. The summed E-state index contributed by atoms with van der Waals surface area (Å²) in [7, 11) is 4.09. The summed E-state index contributed by atoms with van der Waals surface area (Å²) in [5.41, 5.74) is 3.33. The molecule has 0 radical (unpaired) electrons. The lowest BCUT2D eigenvalue weighted by Crippen LogP contribution is -2.30. The molecule has 0 spiro atoms. The zero-order valence-electron chi connectivity index (χ0n) is 10.1. The van der Waals surface area contributed by atoms with Crippen LogP contribution in [0.25, 0.3) is 0 Å². The number of carbonyl (C=O) groups is 1. The second-order valence-electron chi connectivity index (χ2n) is 3.84. The molecule has 0 fully saturated rings. The zero-order valence-corrected chi connectivity index (χ0v) is 11.0. The van der Waals surface area contributed by atoms with E-state index >= 15 is 0 Å². The first kappa shape index (κ1) is 14.0.